The monoisotopic (exact) mass is 285 g/mol. The van der Waals surface area contributed by atoms with E-state index in [2.05, 4.69) is 19.2 Å². The topological polar surface area (TPSA) is 21.3 Å². The second-order valence-electron chi connectivity index (χ2n) is 5.57. The Balaban J connectivity index is 2.05. The highest BCUT2D eigenvalue weighted by atomic mass is 35.5. The SMILES string of the molecule is COc1cc(NC2CSCC(C)(C)C2)ccc1Cl. The zero-order valence-corrected chi connectivity index (χ0v) is 12.7. The highest BCUT2D eigenvalue weighted by molar-refractivity contribution is 7.99. The predicted molar refractivity (Wildman–Crippen MR) is 81.1 cm³/mol. The van der Waals surface area contributed by atoms with Crippen LogP contribution < -0.4 is 10.1 Å². The van der Waals surface area contributed by atoms with Gasteiger partial charge >= 0.3 is 0 Å². The van der Waals surface area contributed by atoms with Crippen molar-refractivity contribution >= 4 is 29.1 Å². The molecule has 1 heterocycles. The van der Waals surface area contributed by atoms with Crippen LogP contribution in [0.4, 0.5) is 5.69 Å². The van der Waals surface area contributed by atoms with E-state index in [4.69, 9.17) is 16.3 Å². The first-order chi connectivity index (χ1) is 8.50. The molecular weight excluding hydrogens is 266 g/mol. The molecule has 1 saturated heterocycles. The first-order valence-electron chi connectivity index (χ1n) is 6.18. The molecule has 0 aliphatic carbocycles. The van der Waals surface area contributed by atoms with Crippen molar-refractivity contribution in [1.29, 1.82) is 0 Å². The van der Waals surface area contributed by atoms with Gasteiger partial charge in [0.25, 0.3) is 0 Å². The van der Waals surface area contributed by atoms with E-state index in [9.17, 15) is 0 Å². The highest BCUT2D eigenvalue weighted by Crippen LogP contribution is 2.35. The van der Waals surface area contributed by atoms with Gasteiger partial charge in [0, 0.05) is 23.5 Å². The van der Waals surface area contributed by atoms with Crippen LogP contribution in [-0.4, -0.2) is 24.7 Å². The van der Waals surface area contributed by atoms with Crippen molar-refractivity contribution in [2.45, 2.75) is 26.3 Å². The van der Waals surface area contributed by atoms with Gasteiger partial charge < -0.3 is 10.1 Å². The Bertz CT molecular complexity index is 422. The van der Waals surface area contributed by atoms with Gasteiger partial charge in [-0.05, 0) is 29.7 Å². The number of benzene rings is 1. The lowest BCUT2D eigenvalue weighted by molar-refractivity contribution is 0.358. The third kappa shape index (κ3) is 3.48. The quantitative estimate of drug-likeness (QED) is 0.895. The molecule has 1 aliphatic heterocycles. The van der Waals surface area contributed by atoms with Gasteiger partial charge in [-0.3, -0.25) is 0 Å². The summed E-state index contributed by atoms with van der Waals surface area (Å²) in [6.45, 7) is 4.66. The van der Waals surface area contributed by atoms with Gasteiger partial charge in [-0.15, -0.1) is 0 Å². The van der Waals surface area contributed by atoms with Crippen LogP contribution in [0.1, 0.15) is 20.3 Å². The van der Waals surface area contributed by atoms with Crippen molar-refractivity contribution in [2.75, 3.05) is 23.9 Å². The fourth-order valence-corrected chi connectivity index (χ4v) is 3.81. The minimum absolute atomic E-state index is 0.414. The molecule has 0 aromatic heterocycles. The highest BCUT2D eigenvalue weighted by Gasteiger charge is 2.28. The number of ether oxygens (including phenoxy) is 1. The largest absolute Gasteiger partial charge is 0.495 e. The van der Waals surface area contributed by atoms with E-state index in [0.717, 1.165) is 17.2 Å². The van der Waals surface area contributed by atoms with E-state index in [-0.39, 0.29) is 0 Å². The van der Waals surface area contributed by atoms with Crippen LogP contribution in [0.5, 0.6) is 5.75 Å². The number of nitrogens with one attached hydrogen (secondary N) is 1. The maximum absolute atomic E-state index is 6.03. The zero-order chi connectivity index (χ0) is 13.2. The van der Waals surface area contributed by atoms with Crippen molar-refractivity contribution in [1.82, 2.24) is 0 Å². The number of anilines is 1. The molecule has 1 aromatic carbocycles. The molecule has 1 atom stereocenters. The molecule has 100 valence electrons. The van der Waals surface area contributed by atoms with Crippen LogP contribution in [0.15, 0.2) is 18.2 Å². The first-order valence-corrected chi connectivity index (χ1v) is 7.71. The smallest absolute Gasteiger partial charge is 0.139 e. The standard InChI is InChI=1S/C14H20ClNOS/c1-14(2)7-11(8-18-9-14)16-10-4-5-12(15)13(6-10)17-3/h4-6,11,16H,7-9H2,1-3H3. The van der Waals surface area contributed by atoms with Crippen LogP contribution in [0.2, 0.25) is 5.02 Å². The number of halogens is 1. The molecule has 0 amide bonds. The Morgan fingerprint density at radius 3 is 2.89 bits per heavy atom. The lowest BCUT2D eigenvalue weighted by Crippen LogP contribution is -2.35. The van der Waals surface area contributed by atoms with Crippen molar-refractivity contribution in [3.8, 4) is 5.75 Å². The number of rotatable bonds is 3. The maximum Gasteiger partial charge on any atom is 0.139 e. The van der Waals surface area contributed by atoms with Crippen LogP contribution in [0.3, 0.4) is 0 Å². The summed E-state index contributed by atoms with van der Waals surface area (Å²) in [6.07, 6.45) is 1.20. The van der Waals surface area contributed by atoms with E-state index < -0.39 is 0 Å². The molecule has 2 nitrogen and oxygen atoms in total. The van der Waals surface area contributed by atoms with E-state index in [1.165, 1.54) is 12.2 Å². The van der Waals surface area contributed by atoms with Crippen LogP contribution in [0, 0.1) is 5.41 Å². The van der Waals surface area contributed by atoms with Crippen molar-refractivity contribution in [3.63, 3.8) is 0 Å². The Morgan fingerprint density at radius 2 is 2.22 bits per heavy atom. The minimum atomic E-state index is 0.414. The summed E-state index contributed by atoms with van der Waals surface area (Å²) >= 11 is 8.05. The molecule has 1 N–H and O–H groups in total. The van der Waals surface area contributed by atoms with Crippen LogP contribution in [-0.2, 0) is 0 Å². The van der Waals surface area contributed by atoms with Gasteiger partial charge in [-0.25, -0.2) is 0 Å². The Hall–Kier alpha value is -0.540. The Kier molecular flexibility index (Phi) is 4.33. The third-order valence-corrected chi connectivity index (χ3v) is 5.07. The van der Waals surface area contributed by atoms with E-state index in [1.807, 2.05) is 30.0 Å². The molecule has 4 heteroatoms. The second-order valence-corrected chi connectivity index (χ2v) is 7.01. The Morgan fingerprint density at radius 1 is 1.44 bits per heavy atom. The number of hydrogen-bond acceptors (Lipinski definition) is 3. The van der Waals surface area contributed by atoms with E-state index >= 15 is 0 Å². The summed E-state index contributed by atoms with van der Waals surface area (Å²) in [4.78, 5) is 0. The molecule has 1 aliphatic rings. The summed E-state index contributed by atoms with van der Waals surface area (Å²) in [5.41, 5.74) is 1.50. The van der Waals surface area contributed by atoms with Crippen molar-refractivity contribution < 1.29 is 4.74 Å². The third-order valence-electron chi connectivity index (χ3n) is 3.13. The second kappa shape index (κ2) is 5.62. The van der Waals surface area contributed by atoms with Crippen LogP contribution >= 0.6 is 23.4 Å². The lowest BCUT2D eigenvalue weighted by atomic mass is 9.88. The van der Waals surface area contributed by atoms with Crippen molar-refractivity contribution in [3.05, 3.63) is 23.2 Å². The lowest BCUT2D eigenvalue weighted by Gasteiger charge is -2.35. The predicted octanol–water partition coefficient (Wildman–Crippen LogP) is 4.29. The summed E-state index contributed by atoms with van der Waals surface area (Å²) in [6, 6.07) is 6.37. The summed E-state index contributed by atoms with van der Waals surface area (Å²) in [5.74, 6) is 3.13. The first kappa shape index (κ1) is 13.9. The van der Waals surface area contributed by atoms with Gasteiger partial charge in [-0.2, -0.15) is 11.8 Å². The molecule has 0 saturated carbocycles. The number of hydrogen-bond donors (Lipinski definition) is 1. The number of thioether (sulfide) groups is 1. The zero-order valence-electron chi connectivity index (χ0n) is 11.1. The molecule has 0 radical (unpaired) electrons. The summed E-state index contributed by atoms with van der Waals surface area (Å²) in [5, 5.41) is 4.23. The molecule has 2 rings (SSSR count). The average molecular weight is 286 g/mol. The molecule has 18 heavy (non-hydrogen) atoms. The molecule has 0 spiro atoms. The fraction of sp³-hybridized carbons (Fsp3) is 0.571. The fourth-order valence-electron chi connectivity index (χ4n) is 2.34. The number of methoxy groups -OCH3 is 1. The van der Waals surface area contributed by atoms with Gasteiger partial charge in [0.1, 0.15) is 5.75 Å². The van der Waals surface area contributed by atoms with Gasteiger partial charge in [0.05, 0.1) is 12.1 Å². The van der Waals surface area contributed by atoms with Crippen LogP contribution in [0.25, 0.3) is 0 Å². The van der Waals surface area contributed by atoms with Gasteiger partial charge in [0.2, 0.25) is 0 Å². The normalized spacial score (nSPS) is 22.6. The molecule has 1 unspecified atom stereocenters. The molecule has 1 fully saturated rings. The molecule has 1 aromatic rings. The summed E-state index contributed by atoms with van der Waals surface area (Å²) < 4.78 is 5.24. The van der Waals surface area contributed by atoms with E-state index in [0.29, 0.717) is 16.5 Å². The summed E-state index contributed by atoms with van der Waals surface area (Å²) in [7, 11) is 1.64. The average Bonchev–Trinajstić information content (AvgIpc) is 2.30. The van der Waals surface area contributed by atoms with Gasteiger partial charge in [0.15, 0.2) is 0 Å². The van der Waals surface area contributed by atoms with Gasteiger partial charge in [-0.1, -0.05) is 25.4 Å². The van der Waals surface area contributed by atoms with Crippen molar-refractivity contribution in [2.24, 2.45) is 5.41 Å². The molecule has 0 bridgehead atoms. The minimum Gasteiger partial charge on any atom is -0.495 e. The molecular formula is C14H20ClNOS. The van der Waals surface area contributed by atoms with E-state index in [1.54, 1.807) is 7.11 Å². The Labute approximate surface area is 118 Å². The maximum atomic E-state index is 6.03.